The topological polar surface area (TPSA) is 119 Å². The number of carbonyl (C=O) groups excluding carboxylic acids is 3. The molecule has 0 aliphatic heterocycles. The lowest BCUT2D eigenvalue weighted by Gasteiger charge is -2.24. The van der Waals surface area contributed by atoms with E-state index in [0.29, 0.717) is 16.3 Å². The van der Waals surface area contributed by atoms with E-state index in [2.05, 4.69) is 17.2 Å². The molecule has 0 aromatic heterocycles. The first-order chi connectivity index (χ1) is 18.6. The summed E-state index contributed by atoms with van der Waals surface area (Å²) < 4.78 is 0. The molecule has 0 fully saturated rings. The van der Waals surface area contributed by atoms with Gasteiger partial charge in [0.25, 0.3) is 5.91 Å². The van der Waals surface area contributed by atoms with E-state index in [1.54, 1.807) is 55.6 Å². The van der Waals surface area contributed by atoms with Crippen molar-refractivity contribution in [2.75, 3.05) is 11.9 Å². The Morgan fingerprint density at radius 2 is 1.64 bits per heavy atom. The SMILES string of the molecule is C=CC(=O)N(C)c1cccc(CC(NC(=O)c2cc(Cl)ccc2Cl)C(=O)NC(Cc2ccccc2)B(O)O)c1. The predicted molar refractivity (Wildman–Crippen MR) is 154 cm³/mol. The minimum absolute atomic E-state index is 0.0271. The van der Waals surface area contributed by atoms with Crippen molar-refractivity contribution < 1.29 is 24.4 Å². The average Bonchev–Trinajstić information content (AvgIpc) is 2.93. The van der Waals surface area contributed by atoms with Gasteiger partial charge in [-0.2, -0.15) is 0 Å². The average molecular weight is 568 g/mol. The third-order valence-corrected chi connectivity index (χ3v) is 6.59. The van der Waals surface area contributed by atoms with Gasteiger partial charge in [0, 0.05) is 24.2 Å². The van der Waals surface area contributed by atoms with Crippen molar-refractivity contribution >= 4 is 53.7 Å². The van der Waals surface area contributed by atoms with Crippen molar-refractivity contribution in [2.45, 2.75) is 24.8 Å². The van der Waals surface area contributed by atoms with Crippen LogP contribution in [0.3, 0.4) is 0 Å². The van der Waals surface area contributed by atoms with Gasteiger partial charge in [0.2, 0.25) is 11.8 Å². The zero-order chi connectivity index (χ0) is 28.5. The molecule has 0 bridgehead atoms. The molecule has 3 aromatic rings. The van der Waals surface area contributed by atoms with Gasteiger partial charge >= 0.3 is 7.12 Å². The highest BCUT2D eigenvalue weighted by atomic mass is 35.5. The molecule has 0 aliphatic rings. The van der Waals surface area contributed by atoms with E-state index in [4.69, 9.17) is 23.2 Å². The second kappa shape index (κ2) is 14.0. The maximum atomic E-state index is 13.5. The third-order valence-electron chi connectivity index (χ3n) is 6.02. The fourth-order valence-corrected chi connectivity index (χ4v) is 4.27. The smallest absolute Gasteiger partial charge is 0.426 e. The highest BCUT2D eigenvalue weighted by Crippen LogP contribution is 2.21. The Labute approximate surface area is 237 Å². The monoisotopic (exact) mass is 567 g/mol. The van der Waals surface area contributed by atoms with Gasteiger partial charge < -0.3 is 25.6 Å². The molecule has 4 N–H and O–H groups in total. The Bertz CT molecular complexity index is 1340. The van der Waals surface area contributed by atoms with Gasteiger partial charge in [0.15, 0.2) is 0 Å². The summed E-state index contributed by atoms with van der Waals surface area (Å²) in [5.41, 5.74) is 2.06. The molecule has 0 saturated carbocycles. The molecular weight excluding hydrogens is 540 g/mol. The number of hydrogen-bond donors (Lipinski definition) is 4. The zero-order valence-electron chi connectivity index (χ0n) is 21.2. The van der Waals surface area contributed by atoms with Crippen LogP contribution in [-0.4, -0.2) is 53.9 Å². The van der Waals surface area contributed by atoms with Crippen LogP contribution in [0.25, 0.3) is 0 Å². The molecule has 8 nitrogen and oxygen atoms in total. The molecule has 0 saturated heterocycles. The van der Waals surface area contributed by atoms with Crippen molar-refractivity contribution in [1.82, 2.24) is 10.6 Å². The summed E-state index contributed by atoms with van der Waals surface area (Å²) in [6, 6.07) is 19.2. The van der Waals surface area contributed by atoms with Crippen LogP contribution in [0.4, 0.5) is 5.69 Å². The molecular formula is C28H28BCl2N3O5. The first-order valence-electron chi connectivity index (χ1n) is 12.0. The number of amides is 3. The van der Waals surface area contributed by atoms with Gasteiger partial charge in [-0.05, 0) is 54.0 Å². The number of anilines is 1. The summed E-state index contributed by atoms with van der Waals surface area (Å²) in [7, 11) is -0.262. The largest absolute Gasteiger partial charge is 0.475 e. The molecule has 2 atom stereocenters. The molecule has 0 heterocycles. The summed E-state index contributed by atoms with van der Waals surface area (Å²) >= 11 is 12.2. The first kappa shape index (κ1) is 29.9. The van der Waals surface area contributed by atoms with Crippen LogP contribution in [0.2, 0.25) is 10.0 Å². The second-order valence-electron chi connectivity index (χ2n) is 8.84. The number of hydrogen-bond acceptors (Lipinski definition) is 5. The number of halogens is 2. The van der Waals surface area contributed by atoms with Crippen LogP contribution in [0, 0.1) is 0 Å². The molecule has 2 unspecified atom stereocenters. The molecule has 3 amide bonds. The lowest BCUT2D eigenvalue weighted by atomic mass is 9.75. The van der Waals surface area contributed by atoms with E-state index in [-0.39, 0.29) is 29.3 Å². The lowest BCUT2D eigenvalue weighted by Crippen LogP contribution is -2.55. The van der Waals surface area contributed by atoms with Crippen LogP contribution >= 0.6 is 23.2 Å². The van der Waals surface area contributed by atoms with E-state index in [9.17, 15) is 24.4 Å². The van der Waals surface area contributed by atoms with Crippen molar-refractivity contribution in [1.29, 1.82) is 0 Å². The maximum absolute atomic E-state index is 13.5. The van der Waals surface area contributed by atoms with E-state index in [1.807, 2.05) is 6.07 Å². The summed E-state index contributed by atoms with van der Waals surface area (Å²) in [6.07, 6.45) is 1.36. The van der Waals surface area contributed by atoms with Crippen molar-refractivity contribution in [3.8, 4) is 0 Å². The fourth-order valence-electron chi connectivity index (χ4n) is 3.89. The molecule has 3 rings (SSSR count). The highest BCUT2D eigenvalue weighted by Gasteiger charge is 2.30. The van der Waals surface area contributed by atoms with Crippen molar-refractivity contribution in [3.05, 3.63) is 112 Å². The van der Waals surface area contributed by atoms with E-state index < -0.39 is 30.9 Å². The second-order valence-corrected chi connectivity index (χ2v) is 9.69. The Kier molecular flexibility index (Phi) is 10.7. The quantitative estimate of drug-likeness (QED) is 0.209. The number of rotatable bonds is 11. The van der Waals surface area contributed by atoms with E-state index in [1.165, 1.54) is 29.2 Å². The van der Waals surface area contributed by atoms with E-state index in [0.717, 1.165) is 5.56 Å². The van der Waals surface area contributed by atoms with Gasteiger partial charge in [-0.15, -0.1) is 0 Å². The Morgan fingerprint density at radius 1 is 0.949 bits per heavy atom. The van der Waals surface area contributed by atoms with Gasteiger partial charge in [0.1, 0.15) is 6.04 Å². The van der Waals surface area contributed by atoms with E-state index >= 15 is 0 Å². The molecule has 11 heteroatoms. The summed E-state index contributed by atoms with van der Waals surface area (Å²) in [6.45, 7) is 3.49. The van der Waals surface area contributed by atoms with Crippen LogP contribution in [0.5, 0.6) is 0 Å². The number of likely N-dealkylation sites (N-methyl/N-ethyl adjacent to an activating group) is 1. The van der Waals surface area contributed by atoms with Crippen LogP contribution in [0.1, 0.15) is 21.5 Å². The van der Waals surface area contributed by atoms with Crippen molar-refractivity contribution in [2.24, 2.45) is 0 Å². The Hall–Kier alpha value is -3.63. The molecule has 3 aromatic carbocycles. The van der Waals surface area contributed by atoms with Crippen LogP contribution < -0.4 is 15.5 Å². The molecule has 39 heavy (non-hydrogen) atoms. The van der Waals surface area contributed by atoms with Gasteiger partial charge in [-0.25, -0.2) is 0 Å². The standard InChI is InChI=1S/C28H28BCl2N3O5/c1-3-26(35)34(2)21-11-7-10-19(14-21)15-24(32-27(36)22-17-20(30)12-13-23(22)31)28(37)33-25(29(38)39)16-18-8-5-4-6-9-18/h3-14,17,24-25,38-39H,1,15-16H2,2H3,(H,32,36)(H,33,37). The van der Waals surface area contributed by atoms with Crippen molar-refractivity contribution in [3.63, 3.8) is 0 Å². The summed E-state index contributed by atoms with van der Waals surface area (Å²) in [5.74, 6) is -2.64. The molecule has 202 valence electrons. The lowest BCUT2D eigenvalue weighted by molar-refractivity contribution is -0.123. The third kappa shape index (κ3) is 8.43. The first-order valence-corrected chi connectivity index (χ1v) is 12.8. The van der Waals surface area contributed by atoms with Gasteiger partial charge in [0.05, 0.1) is 16.5 Å². The summed E-state index contributed by atoms with van der Waals surface area (Å²) in [4.78, 5) is 40.1. The minimum Gasteiger partial charge on any atom is -0.426 e. The molecule has 0 spiro atoms. The number of carbonyl (C=O) groups is 3. The fraction of sp³-hybridized carbons (Fsp3) is 0.179. The van der Waals surface area contributed by atoms with Gasteiger partial charge in [-0.3, -0.25) is 14.4 Å². The molecule has 0 radical (unpaired) electrons. The number of benzene rings is 3. The highest BCUT2D eigenvalue weighted by molar-refractivity contribution is 6.43. The predicted octanol–water partition coefficient (Wildman–Crippen LogP) is 3.22. The number of nitrogens with zero attached hydrogens (tertiary/aromatic N) is 1. The van der Waals surface area contributed by atoms with Gasteiger partial charge in [-0.1, -0.05) is 72.2 Å². The minimum atomic E-state index is -1.85. The van der Waals surface area contributed by atoms with Crippen LogP contribution in [-0.2, 0) is 22.4 Å². The summed E-state index contributed by atoms with van der Waals surface area (Å²) in [5, 5.41) is 25.7. The Balaban J connectivity index is 1.89. The zero-order valence-corrected chi connectivity index (χ0v) is 22.7. The normalized spacial score (nSPS) is 12.1. The van der Waals surface area contributed by atoms with Crippen LogP contribution in [0.15, 0.2) is 85.5 Å². The number of nitrogens with one attached hydrogen (secondary N) is 2. The maximum Gasteiger partial charge on any atom is 0.475 e. The molecule has 0 aliphatic carbocycles. The Morgan fingerprint density at radius 3 is 2.31 bits per heavy atom.